The lowest BCUT2D eigenvalue weighted by Gasteiger charge is -2.31. The van der Waals surface area contributed by atoms with Crippen LogP contribution in [0.1, 0.15) is 50.1 Å². The number of aromatic nitrogens is 6. The molecule has 0 amide bonds. The minimum Gasteiger partial charge on any atom is -0.381 e. The van der Waals surface area contributed by atoms with Gasteiger partial charge in [-0.25, -0.2) is 23.4 Å². The van der Waals surface area contributed by atoms with Crippen LogP contribution in [0.4, 0.5) is 19.1 Å². The Bertz CT molecular complexity index is 1390. The lowest BCUT2D eigenvalue weighted by Crippen LogP contribution is -2.42. The first kappa shape index (κ1) is 27.5. The third-order valence-electron chi connectivity index (χ3n) is 7.39. The number of alkyl halides is 3. The van der Waals surface area contributed by atoms with Gasteiger partial charge in [0.25, 0.3) is 10.0 Å². The second kappa shape index (κ2) is 10.8. The van der Waals surface area contributed by atoms with E-state index >= 15 is 0 Å². The molecule has 0 spiro atoms. The number of nitrogens with one attached hydrogen (secondary N) is 1. The molecule has 0 bridgehead atoms. The van der Waals surface area contributed by atoms with Crippen molar-refractivity contribution in [3.05, 3.63) is 36.7 Å². The highest BCUT2D eigenvalue weighted by atomic mass is 32.2. The fourth-order valence-electron chi connectivity index (χ4n) is 5.16. The number of aryl methyl sites for hydroxylation is 1. The highest BCUT2D eigenvalue weighted by Crippen LogP contribution is 2.37. The van der Waals surface area contributed by atoms with Crippen LogP contribution in [0, 0.1) is 0 Å². The van der Waals surface area contributed by atoms with Gasteiger partial charge in [0.2, 0.25) is 5.95 Å². The number of hydrogen-bond donors (Lipinski definition) is 1. The van der Waals surface area contributed by atoms with E-state index < -0.39 is 21.8 Å². The summed E-state index contributed by atoms with van der Waals surface area (Å²) < 4.78 is 77.3. The zero-order valence-electron chi connectivity index (χ0n) is 21.7. The number of imidazole rings is 1. The number of anilines is 1. The van der Waals surface area contributed by atoms with Gasteiger partial charge in [-0.1, -0.05) is 0 Å². The Labute approximate surface area is 224 Å². The number of piperidine rings is 1. The molecular formula is C24H31F3N8O3S. The van der Waals surface area contributed by atoms with E-state index in [9.17, 15) is 21.6 Å². The van der Waals surface area contributed by atoms with E-state index in [0.29, 0.717) is 12.8 Å². The number of sulfonamides is 1. The molecule has 1 N–H and O–H groups in total. The maximum Gasteiger partial charge on any atom is 0.419 e. The van der Waals surface area contributed by atoms with E-state index in [-0.39, 0.29) is 53.5 Å². The zero-order valence-corrected chi connectivity index (χ0v) is 22.5. The highest BCUT2D eigenvalue weighted by molar-refractivity contribution is 7.89. The molecule has 1 aliphatic heterocycles. The molecular weight excluding hydrogens is 537 g/mol. The van der Waals surface area contributed by atoms with Crippen molar-refractivity contribution in [2.24, 2.45) is 7.05 Å². The van der Waals surface area contributed by atoms with Crippen LogP contribution < -0.4 is 5.32 Å². The standard InChI is InChI=1S/C24H31F3N8O3S/c1-33-14-21(29-15-33)39(36,37)34-9-7-17(8-10-34)31-23-28-12-20(24(25,26)27)22(32-23)16-11-30-35(13-16)18-3-5-19(38-2)6-4-18/h11-15,17-19H,3-10H2,1-2H3,(H,28,31,32)/t18-,19-. The van der Waals surface area contributed by atoms with Gasteiger partial charge in [0.15, 0.2) is 5.03 Å². The van der Waals surface area contributed by atoms with Gasteiger partial charge < -0.3 is 14.6 Å². The Morgan fingerprint density at radius 3 is 2.36 bits per heavy atom. The molecule has 2 fully saturated rings. The second-order valence-electron chi connectivity index (χ2n) is 10.0. The van der Waals surface area contributed by atoms with Gasteiger partial charge in [0.1, 0.15) is 5.56 Å². The first-order valence-corrected chi connectivity index (χ1v) is 14.2. The third-order valence-corrected chi connectivity index (χ3v) is 9.18. The molecule has 3 aromatic rings. The number of nitrogens with zero attached hydrogens (tertiary/aromatic N) is 7. The lowest BCUT2D eigenvalue weighted by molar-refractivity contribution is -0.137. The molecule has 1 aliphatic carbocycles. The van der Waals surface area contributed by atoms with Gasteiger partial charge in [-0.15, -0.1) is 0 Å². The summed E-state index contributed by atoms with van der Waals surface area (Å²) in [7, 11) is -0.336. The Morgan fingerprint density at radius 1 is 1.03 bits per heavy atom. The molecule has 15 heteroatoms. The van der Waals surface area contributed by atoms with E-state index in [0.717, 1.165) is 31.9 Å². The van der Waals surface area contributed by atoms with E-state index in [1.165, 1.54) is 23.0 Å². The Kier molecular flexibility index (Phi) is 7.66. The quantitative estimate of drug-likeness (QED) is 0.460. The molecule has 3 aromatic heterocycles. The largest absolute Gasteiger partial charge is 0.419 e. The number of halogens is 3. The average Bonchev–Trinajstić information content (AvgIpc) is 3.58. The predicted octanol–water partition coefficient (Wildman–Crippen LogP) is 3.49. The smallest absolute Gasteiger partial charge is 0.381 e. The number of rotatable bonds is 7. The van der Waals surface area contributed by atoms with Gasteiger partial charge >= 0.3 is 6.18 Å². The molecule has 0 unspecified atom stereocenters. The molecule has 39 heavy (non-hydrogen) atoms. The predicted molar refractivity (Wildman–Crippen MR) is 135 cm³/mol. The van der Waals surface area contributed by atoms with Crippen LogP contribution >= 0.6 is 0 Å². The maximum absolute atomic E-state index is 13.9. The SMILES string of the molecule is CO[C@H]1CC[C@H](n2cc(-c3nc(NC4CCN(S(=O)(=O)c5cn(C)cn5)CC4)ncc3C(F)(F)F)cn2)CC1. The van der Waals surface area contributed by atoms with Crippen molar-refractivity contribution < 1.29 is 26.3 Å². The molecule has 1 saturated carbocycles. The van der Waals surface area contributed by atoms with Crippen molar-refractivity contribution >= 4 is 16.0 Å². The van der Waals surface area contributed by atoms with Gasteiger partial charge in [-0.05, 0) is 38.5 Å². The Hall–Kier alpha value is -3.04. The van der Waals surface area contributed by atoms with Gasteiger partial charge in [-0.2, -0.15) is 22.6 Å². The van der Waals surface area contributed by atoms with E-state index in [1.54, 1.807) is 29.6 Å². The normalized spacial score (nSPS) is 21.8. The van der Waals surface area contributed by atoms with Gasteiger partial charge in [-0.3, -0.25) is 4.68 Å². The van der Waals surface area contributed by atoms with Crippen molar-refractivity contribution in [3.8, 4) is 11.3 Å². The summed E-state index contributed by atoms with van der Waals surface area (Å²) in [6.45, 7) is 0.476. The highest BCUT2D eigenvalue weighted by Gasteiger charge is 2.37. The molecule has 1 saturated heterocycles. The monoisotopic (exact) mass is 568 g/mol. The summed E-state index contributed by atoms with van der Waals surface area (Å²) >= 11 is 0. The van der Waals surface area contributed by atoms with E-state index in [2.05, 4.69) is 25.4 Å². The van der Waals surface area contributed by atoms with Crippen LogP contribution in [0.2, 0.25) is 0 Å². The zero-order chi connectivity index (χ0) is 27.8. The van der Waals surface area contributed by atoms with Crippen LogP contribution in [0.25, 0.3) is 11.3 Å². The van der Waals surface area contributed by atoms with E-state index in [4.69, 9.17) is 4.74 Å². The molecule has 5 rings (SSSR count). The summed E-state index contributed by atoms with van der Waals surface area (Å²) in [5.74, 6) is 0.0531. The summed E-state index contributed by atoms with van der Waals surface area (Å²) in [6.07, 6.45) is 6.51. The van der Waals surface area contributed by atoms with Gasteiger partial charge in [0, 0.05) is 57.4 Å². The minimum atomic E-state index is -4.64. The van der Waals surface area contributed by atoms with Crippen molar-refractivity contribution in [2.75, 3.05) is 25.5 Å². The molecule has 0 aromatic carbocycles. The first-order valence-electron chi connectivity index (χ1n) is 12.8. The van der Waals surface area contributed by atoms with Crippen LogP contribution in [0.3, 0.4) is 0 Å². The molecule has 11 nitrogen and oxygen atoms in total. The minimum absolute atomic E-state index is 0.0144. The topological polar surface area (TPSA) is 120 Å². The first-order chi connectivity index (χ1) is 18.5. The lowest BCUT2D eigenvalue weighted by atomic mass is 9.93. The molecule has 2 aliphatic rings. The van der Waals surface area contributed by atoms with Crippen LogP contribution in [0.5, 0.6) is 0 Å². The fourth-order valence-corrected chi connectivity index (χ4v) is 6.60. The molecule has 0 radical (unpaired) electrons. The van der Waals surface area contributed by atoms with Crippen molar-refractivity contribution in [3.63, 3.8) is 0 Å². The summed E-state index contributed by atoms with van der Waals surface area (Å²) in [6, 6.07) is -0.116. The summed E-state index contributed by atoms with van der Waals surface area (Å²) in [4.78, 5) is 12.1. The van der Waals surface area contributed by atoms with Crippen molar-refractivity contribution in [1.29, 1.82) is 0 Å². The van der Waals surface area contributed by atoms with Crippen molar-refractivity contribution in [2.45, 2.75) is 67.9 Å². The van der Waals surface area contributed by atoms with Gasteiger partial charge in [0.05, 0.1) is 30.4 Å². The molecule has 4 heterocycles. The fraction of sp³-hybridized carbons (Fsp3) is 0.583. The maximum atomic E-state index is 13.9. The Morgan fingerprint density at radius 2 is 1.74 bits per heavy atom. The second-order valence-corrected chi connectivity index (χ2v) is 11.9. The molecule has 0 atom stereocenters. The van der Waals surface area contributed by atoms with Crippen LogP contribution in [-0.2, 0) is 28.0 Å². The number of ether oxygens (including phenoxy) is 1. The number of hydrogen-bond acceptors (Lipinski definition) is 8. The third kappa shape index (κ3) is 5.94. The average molecular weight is 569 g/mol. The summed E-state index contributed by atoms with van der Waals surface area (Å²) in [5, 5.41) is 7.43. The van der Waals surface area contributed by atoms with Crippen LogP contribution in [0.15, 0.2) is 36.1 Å². The van der Waals surface area contributed by atoms with E-state index in [1.807, 2.05) is 0 Å². The Balaban J connectivity index is 1.30. The molecule has 212 valence electrons. The number of methoxy groups -OCH3 is 1. The summed E-state index contributed by atoms with van der Waals surface area (Å²) in [5.41, 5.74) is -0.920. The van der Waals surface area contributed by atoms with Crippen LogP contribution in [-0.4, -0.2) is 74.4 Å². The van der Waals surface area contributed by atoms with Crippen molar-refractivity contribution in [1.82, 2.24) is 33.6 Å².